The Morgan fingerprint density at radius 2 is 1.44 bits per heavy atom. The summed E-state index contributed by atoms with van der Waals surface area (Å²) in [6.07, 6.45) is 0.861. The lowest BCUT2D eigenvalue weighted by Gasteiger charge is -2.34. The third kappa shape index (κ3) is 8.69. The minimum absolute atomic E-state index is 0.00838. The molecule has 0 fully saturated rings. The van der Waals surface area contributed by atoms with E-state index in [9.17, 15) is 22.4 Å². The van der Waals surface area contributed by atoms with Gasteiger partial charge in [0.15, 0.2) is 0 Å². The van der Waals surface area contributed by atoms with Crippen LogP contribution in [0.3, 0.4) is 0 Å². The maximum Gasteiger partial charge on any atom is 0.264 e. The molecular formula is C35H38FN3O5S. The summed E-state index contributed by atoms with van der Waals surface area (Å²) in [5.41, 5.74) is 1.65. The standard InChI is InChI=1S/C35H38FN3O5S/c1-4-26(2)37-35(41)33(23-27-11-7-5-8-12-27)38(24-28-15-17-29(36)18-16-28)34(40)25-39(30-19-21-31(44-3)22-20-30)45(42,43)32-13-9-6-10-14-32/h5-22,26,33H,4,23-25H2,1-3H3,(H,37,41)/t26-,33+/m0/s1. The second kappa shape index (κ2) is 15.3. The number of methoxy groups -OCH3 is 1. The average molecular weight is 632 g/mol. The van der Waals surface area contributed by atoms with Gasteiger partial charge in [-0.3, -0.25) is 13.9 Å². The summed E-state index contributed by atoms with van der Waals surface area (Å²) in [5, 5.41) is 3.00. The molecule has 45 heavy (non-hydrogen) atoms. The van der Waals surface area contributed by atoms with Gasteiger partial charge in [-0.15, -0.1) is 0 Å². The van der Waals surface area contributed by atoms with E-state index in [2.05, 4.69) is 5.32 Å². The Labute approximate surface area is 264 Å². The van der Waals surface area contributed by atoms with Crippen molar-refractivity contribution < 1.29 is 27.1 Å². The molecule has 0 saturated carbocycles. The highest BCUT2D eigenvalue weighted by Crippen LogP contribution is 2.27. The van der Waals surface area contributed by atoms with Crippen LogP contribution in [0, 0.1) is 5.82 Å². The van der Waals surface area contributed by atoms with Crippen LogP contribution in [-0.2, 0) is 32.6 Å². The minimum atomic E-state index is -4.21. The lowest BCUT2D eigenvalue weighted by atomic mass is 10.0. The molecule has 0 radical (unpaired) electrons. The second-order valence-electron chi connectivity index (χ2n) is 10.7. The number of rotatable bonds is 14. The molecule has 4 rings (SSSR count). The maximum absolute atomic E-state index is 14.4. The van der Waals surface area contributed by atoms with Crippen LogP contribution in [0.4, 0.5) is 10.1 Å². The molecule has 2 amide bonds. The van der Waals surface area contributed by atoms with Gasteiger partial charge in [-0.05, 0) is 73.0 Å². The third-order valence-electron chi connectivity index (χ3n) is 7.51. The topological polar surface area (TPSA) is 96.0 Å². The molecule has 0 unspecified atom stereocenters. The maximum atomic E-state index is 14.4. The normalized spacial score (nSPS) is 12.5. The number of sulfonamides is 1. The largest absolute Gasteiger partial charge is 0.497 e. The van der Waals surface area contributed by atoms with E-state index in [0.29, 0.717) is 17.7 Å². The lowest BCUT2D eigenvalue weighted by Crippen LogP contribution is -2.54. The quantitative estimate of drug-likeness (QED) is 0.196. The van der Waals surface area contributed by atoms with Crippen molar-refractivity contribution in [2.75, 3.05) is 18.0 Å². The highest BCUT2D eigenvalue weighted by Gasteiger charge is 2.35. The van der Waals surface area contributed by atoms with Gasteiger partial charge >= 0.3 is 0 Å². The van der Waals surface area contributed by atoms with E-state index in [0.717, 1.165) is 9.87 Å². The van der Waals surface area contributed by atoms with E-state index < -0.39 is 34.3 Å². The van der Waals surface area contributed by atoms with Crippen molar-refractivity contribution in [3.63, 3.8) is 0 Å². The highest BCUT2D eigenvalue weighted by atomic mass is 32.2. The van der Waals surface area contributed by atoms with Gasteiger partial charge in [0.1, 0.15) is 24.2 Å². The van der Waals surface area contributed by atoms with E-state index in [4.69, 9.17) is 4.74 Å². The lowest BCUT2D eigenvalue weighted by molar-refractivity contribution is -0.140. The Hall–Kier alpha value is -4.70. The molecule has 4 aromatic rings. The van der Waals surface area contributed by atoms with Gasteiger partial charge in [-0.1, -0.05) is 67.6 Å². The second-order valence-corrected chi connectivity index (χ2v) is 12.6. The van der Waals surface area contributed by atoms with Crippen molar-refractivity contribution in [2.24, 2.45) is 0 Å². The van der Waals surface area contributed by atoms with Gasteiger partial charge in [0, 0.05) is 19.0 Å². The molecule has 0 heterocycles. The van der Waals surface area contributed by atoms with Crippen LogP contribution in [-0.4, -0.2) is 50.9 Å². The number of nitrogens with one attached hydrogen (secondary N) is 1. The van der Waals surface area contributed by atoms with E-state index in [1.54, 1.807) is 54.6 Å². The molecule has 2 atom stereocenters. The molecule has 0 saturated heterocycles. The van der Waals surface area contributed by atoms with E-state index in [1.165, 1.54) is 36.3 Å². The number of carbonyl (C=O) groups excluding carboxylic acids is 2. The molecule has 0 aromatic heterocycles. The van der Waals surface area contributed by atoms with Crippen molar-refractivity contribution >= 4 is 27.5 Å². The Kier molecular flexibility index (Phi) is 11.3. The van der Waals surface area contributed by atoms with Crippen LogP contribution in [0.1, 0.15) is 31.4 Å². The number of benzene rings is 4. The van der Waals surface area contributed by atoms with Crippen LogP contribution in [0.25, 0.3) is 0 Å². The number of nitrogens with zero attached hydrogens (tertiary/aromatic N) is 2. The predicted octanol–water partition coefficient (Wildman–Crippen LogP) is 5.58. The smallest absolute Gasteiger partial charge is 0.264 e. The molecule has 8 nitrogen and oxygen atoms in total. The number of hydrogen-bond acceptors (Lipinski definition) is 5. The zero-order valence-electron chi connectivity index (χ0n) is 25.6. The summed E-state index contributed by atoms with van der Waals surface area (Å²) >= 11 is 0. The van der Waals surface area contributed by atoms with Gasteiger partial charge in [-0.2, -0.15) is 0 Å². The number of anilines is 1. The first kappa shape index (κ1) is 33.2. The first-order valence-corrected chi connectivity index (χ1v) is 16.2. The first-order valence-electron chi connectivity index (χ1n) is 14.7. The minimum Gasteiger partial charge on any atom is -0.497 e. The zero-order valence-corrected chi connectivity index (χ0v) is 26.4. The Morgan fingerprint density at radius 1 is 0.844 bits per heavy atom. The molecule has 0 spiro atoms. The van der Waals surface area contributed by atoms with Crippen LogP contribution >= 0.6 is 0 Å². The third-order valence-corrected chi connectivity index (χ3v) is 9.30. The molecule has 0 aliphatic heterocycles. The van der Waals surface area contributed by atoms with Gasteiger partial charge in [-0.25, -0.2) is 12.8 Å². The summed E-state index contributed by atoms with van der Waals surface area (Å²) < 4.78 is 48.2. The summed E-state index contributed by atoms with van der Waals surface area (Å²) in [4.78, 5) is 29.7. The molecule has 4 aromatic carbocycles. The molecule has 1 N–H and O–H groups in total. The first-order chi connectivity index (χ1) is 21.6. The molecule has 0 bridgehead atoms. The number of carbonyl (C=O) groups is 2. The summed E-state index contributed by atoms with van der Waals surface area (Å²) in [5.74, 6) is -0.892. The van der Waals surface area contributed by atoms with Crippen LogP contribution in [0.15, 0.2) is 114 Å². The fourth-order valence-electron chi connectivity index (χ4n) is 4.78. The monoisotopic (exact) mass is 631 g/mol. The Bertz CT molecular complexity index is 1650. The fraction of sp³-hybridized carbons (Fsp3) is 0.257. The van der Waals surface area contributed by atoms with Gasteiger partial charge in [0.25, 0.3) is 10.0 Å². The number of amides is 2. The zero-order chi connectivity index (χ0) is 32.4. The van der Waals surface area contributed by atoms with Gasteiger partial charge < -0.3 is 15.0 Å². The average Bonchev–Trinajstić information content (AvgIpc) is 3.06. The van der Waals surface area contributed by atoms with Crippen LogP contribution in [0.5, 0.6) is 5.75 Å². The van der Waals surface area contributed by atoms with Crippen LogP contribution in [0.2, 0.25) is 0 Å². The summed E-state index contributed by atoms with van der Waals surface area (Å²) in [6, 6.07) is 28.0. The summed E-state index contributed by atoms with van der Waals surface area (Å²) in [6.45, 7) is 3.18. The Morgan fingerprint density at radius 3 is 2.02 bits per heavy atom. The highest BCUT2D eigenvalue weighted by molar-refractivity contribution is 7.92. The molecule has 0 aliphatic rings. The van der Waals surface area contributed by atoms with E-state index in [1.807, 2.05) is 44.2 Å². The predicted molar refractivity (Wildman–Crippen MR) is 173 cm³/mol. The number of ether oxygens (including phenoxy) is 1. The van der Waals surface area contributed by atoms with Crippen molar-refractivity contribution in [1.29, 1.82) is 0 Å². The summed E-state index contributed by atoms with van der Waals surface area (Å²) in [7, 11) is -2.71. The van der Waals surface area contributed by atoms with Crippen LogP contribution < -0.4 is 14.4 Å². The van der Waals surface area contributed by atoms with Crippen molar-refractivity contribution in [3.05, 3.63) is 126 Å². The molecule has 10 heteroatoms. The van der Waals surface area contributed by atoms with Crippen molar-refractivity contribution in [1.82, 2.24) is 10.2 Å². The van der Waals surface area contributed by atoms with Crippen molar-refractivity contribution in [3.8, 4) is 5.75 Å². The molecule has 0 aliphatic carbocycles. The number of hydrogen-bond donors (Lipinski definition) is 1. The molecule has 236 valence electrons. The molecular weight excluding hydrogens is 593 g/mol. The van der Waals surface area contributed by atoms with E-state index >= 15 is 0 Å². The van der Waals surface area contributed by atoms with Gasteiger partial charge in [0.2, 0.25) is 11.8 Å². The van der Waals surface area contributed by atoms with Crippen molar-refractivity contribution in [2.45, 2.75) is 50.2 Å². The van der Waals surface area contributed by atoms with E-state index in [-0.39, 0.29) is 35.5 Å². The number of halogens is 1. The Balaban J connectivity index is 1.79. The SMILES string of the molecule is CC[C@H](C)NC(=O)[C@@H](Cc1ccccc1)N(Cc1ccc(F)cc1)C(=O)CN(c1ccc(OC)cc1)S(=O)(=O)c1ccccc1. The van der Waals surface area contributed by atoms with Gasteiger partial charge in [0.05, 0.1) is 17.7 Å². The fourth-order valence-corrected chi connectivity index (χ4v) is 6.21.